The number of fused-ring (bicyclic) bond motifs is 1. The molecule has 0 amide bonds. The first-order chi connectivity index (χ1) is 19.1. The summed E-state index contributed by atoms with van der Waals surface area (Å²) in [5.41, 5.74) is 3.80. The summed E-state index contributed by atoms with van der Waals surface area (Å²) >= 11 is 0. The van der Waals surface area contributed by atoms with Crippen molar-refractivity contribution in [3.63, 3.8) is 0 Å². The maximum atomic E-state index is 15.3. The standard InChI is InChI=1S/C29H23F4N3O4/c1-15-8-23(24(30)12-22(15)21-4-2-3-5-25(21)39-29(31,32)33)27-34-26(35-40-27)16-6-7-17-13-36(14-19(17)9-16)20-10-18(11-20)28(37)38/h2-9,12,18,20H,10-11,13-14H2,1H3,(H,37,38)/t18-,20-. The number of alkyl halides is 3. The number of carboxylic acids is 1. The minimum Gasteiger partial charge on any atom is -0.481 e. The number of aromatic nitrogens is 2. The normalized spacial score (nSPS) is 18.8. The van der Waals surface area contributed by atoms with Crippen LogP contribution in [0.5, 0.6) is 5.75 Å². The molecule has 4 aromatic rings. The number of aryl methyl sites for hydroxylation is 1. The summed E-state index contributed by atoms with van der Waals surface area (Å²) in [6.07, 6.45) is -3.59. The third-order valence-electron chi connectivity index (χ3n) is 7.56. The van der Waals surface area contributed by atoms with Crippen molar-refractivity contribution in [1.82, 2.24) is 15.0 Å². The lowest BCUT2D eigenvalue weighted by molar-refractivity contribution is -0.274. The third kappa shape index (κ3) is 4.92. The second kappa shape index (κ2) is 9.74. The van der Waals surface area contributed by atoms with Crippen LogP contribution >= 0.6 is 0 Å². The second-order valence-corrected chi connectivity index (χ2v) is 10.2. The highest BCUT2D eigenvalue weighted by Crippen LogP contribution is 2.39. The smallest absolute Gasteiger partial charge is 0.481 e. The molecule has 2 aliphatic rings. The van der Waals surface area contributed by atoms with Gasteiger partial charge in [0.15, 0.2) is 0 Å². The number of aliphatic carboxylic acids is 1. The maximum Gasteiger partial charge on any atom is 0.573 e. The second-order valence-electron chi connectivity index (χ2n) is 10.2. The monoisotopic (exact) mass is 553 g/mol. The molecule has 206 valence electrons. The van der Waals surface area contributed by atoms with Crippen LogP contribution in [0, 0.1) is 18.7 Å². The van der Waals surface area contributed by atoms with Crippen molar-refractivity contribution >= 4 is 5.97 Å². The maximum absolute atomic E-state index is 15.3. The molecular weight excluding hydrogens is 530 g/mol. The number of ether oxygens (including phenoxy) is 1. The van der Waals surface area contributed by atoms with Crippen molar-refractivity contribution < 1.29 is 36.7 Å². The van der Waals surface area contributed by atoms with Crippen LogP contribution in [-0.4, -0.2) is 38.5 Å². The van der Waals surface area contributed by atoms with Crippen LogP contribution in [0.1, 0.15) is 29.5 Å². The van der Waals surface area contributed by atoms with Gasteiger partial charge in [0, 0.05) is 30.3 Å². The number of hydrogen-bond acceptors (Lipinski definition) is 6. The Morgan fingerprint density at radius 1 is 1.02 bits per heavy atom. The summed E-state index contributed by atoms with van der Waals surface area (Å²) in [6.45, 7) is 3.09. The van der Waals surface area contributed by atoms with E-state index in [0.29, 0.717) is 30.5 Å². The van der Waals surface area contributed by atoms with Gasteiger partial charge in [-0.05, 0) is 66.3 Å². The van der Waals surface area contributed by atoms with Gasteiger partial charge in [0.1, 0.15) is 11.6 Å². The summed E-state index contributed by atoms with van der Waals surface area (Å²) in [6, 6.07) is 14.2. The molecule has 0 spiro atoms. The van der Waals surface area contributed by atoms with E-state index >= 15 is 4.39 Å². The van der Waals surface area contributed by atoms with Gasteiger partial charge in [0.2, 0.25) is 5.82 Å². The third-order valence-corrected chi connectivity index (χ3v) is 7.56. The van der Waals surface area contributed by atoms with Crippen LogP contribution in [0.3, 0.4) is 0 Å². The fourth-order valence-corrected chi connectivity index (χ4v) is 5.39. The van der Waals surface area contributed by atoms with Gasteiger partial charge in [0.25, 0.3) is 5.89 Å². The van der Waals surface area contributed by atoms with Gasteiger partial charge < -0.3 is 14.4 Å². The van der Waals surface area contributed by atoms with Gasteiger partial charge in [-0.2, -0.15) is 4.98 Å². The fourth-order valence-electron chi connectivity index (χ4n) is 5.39. The van der Waals surface area contributed by atoms with E-state index < -0.39 is 23.9 Å². The van der Waals surface area contributed by atoms with Gasteiger partial charge in [0.05, 0.1) is 11.5 Å². The van der Waals surface area contributed by atoms with Gasteiger partial charge >= 0.3 is 12.3 Å². The highest BCUT2D eigenvalue weighted by molar-refractivity contribution is 5.76. The van der Waals surface area contributed by atoms with Gasteiger partial charge in [-0.1, -0.05) is 35.5 Å². The van der Waals surface area contributed by atoms with Gasteiger partial charge in [-0.25, -0.2) is 4.39 Å². The first-order valence-corrected chi connectivity index (χ1v) is 12.6. The fraction of sp³-hybridized carbons (Fsp3) is 0.276. The molecule has 0 saturated heterocycles. The molecule has 1 aliphatic heterocycles. The minimum absolute atomic E-state index is 0.0273. The van der Waals surface area contributed by atoms with Crippen LogP contribution < -0.4 is 4.74 Å². The number of hydrogen-bond donors (Lipinski definition) is 1. The van der Waals surface area contributed by atoms with E-state index in [2.05, 4.69) is 19.8 Å². The first-order valence-electron chi connectivity index (χ1n) is 12.6. The predicted octanol–water partition coefficient (Wildman–Crippen LogP) is 6.60. The van der Waals surface area contributed by atoms with Crippen LogP contribution in [0.4, 0.5) is 17.6 Å². The van der Waals surface area contributed by atoms with Crippen molar-refractivity contribution in [1.29, 1.82) is 0 Å². The number of carbonyl (C=O) groups is 1. The highest BCUT2D eigenvalue weighted by atomic mass is 19.4. The van der Waals surface area contributed by atoms with Crippen molar-refractivity contribution in [3.8, 4) is 39.7 Å². The number of nitrogens with zero attached hydrogens (tertiary/aromatic N) is 3. The van der Waals surface area contributed by atoms with Crippen LogP contribution in [-0.2, 0) is 17.9 Å². The quantitative estimate of drug-likeness (QED) is 0.269. The molecule has 1 saturated carbocycles. The van der Waals surface area contributed by atoms with E-state index in [1.807, 2.05) is 18.2 Å². The number of carboxylic acid groups (broad SMARTS) is 1. The molecular formula is C29H23F4N3O4. The number of benzene rings is 3. The van der Waals surface area contributed by atoms with Crippen molar-refractivity contribution in [2.24, 2.45) is 5.92 Å². The van der Waals surface area contributed by atoms with Crippen LogP contribution in [0.15, 0.2) is 59.1 Å². The summed E-state index contributed by atoms with van der Waals surface area (Å²) in [5.74, 6) is -1.97. The van der Waals surface area contributed by atoms with Gasteiger partial charge in [-0.15, -0.1) is 13.2 Å². The zero-order valence-electron chi connectivity index (χ0n) is 21.2. The molecule has 0 radical (unpaired) electrons. The molecule has 3 aromatic carbocycles. The van der Waals surface area contributed by atoms with Gasteiger partial charge in [-0.3, -0.25) is 9.69 Å². The lowest BCUT2D eigenvalue weighted by Gasteiger charge is -2.39. The molecule has 0 atom stereocenters. The Bertz CT molecular complexity index is 1610. The number of para-hydroxylation sites is 1. The van der Waals surface area contributed by atoms with Crippen LogP contribution in [0.2, 0.25) is 0 Å². The molecule has 0 unspecified atom stereocenters. The Kier molecular flexibility index (Phi) is 6.33. The molecule has 6 rings (SSSR count). The zero-order valence-corrected chi connectivity index (χ0v) is 21.2. The number of rotatable bonds is 6. The largest absolute Gasteiger partial charge is 0.573 e. The van der Waals surface area contributed by atoms with Crippen LogP contribution in [0.25, 0.3) is 34.0 Å². The van der Waals surface area contributed by atoms with E-state index in [4.69, 9.17) is 9.63 Å². The molecule has 0 bridgehead atoms. The molecule has 1 fully saturated rings. The van der Waals surface area contributed by atoms with Crippen molar-refractivity contribution in [3.05, 3.63) is 77.1 Å². The Labute approximate surface area is 226 Å². The van der Waals surface area contributed by atoms with E-state index in [1.54, 1.807) is 13.0 Å². The summed E-state index contributed by atoms with van der Waals surface area (Å²) < 4.78 is 63.4. The molecule has 1 N–H and O–H groups in total. The molecule has 2 heterocycles. The van der Waals surface area contributed by atoms with E-state index in [-0.39, 0.29) is 40.4 Å². The molecule has 1 aliphatic carbocycles. The average molecular weight is 554 g/mol. The van der Waals surface area contributed by atoms with E-state index in [1.165, 1.54) is 24.3 Å². The van der Waals surface area contributed by atoms with Crippen molar-refractivity contribution in [2.75, 3.05) is 0 Å². The molecule has 40 heavy (non-hydrogen) atoms. The molecule has 1 aromatic heterocycles. The predicted molar refractivity (Wildman–Crippen MR) is 135 cm³/mol. The Morgan fingerprint density at radius 3 is 2.52 bits per heavy atom. The van der Waals surface area contributed by atoms with E-state index in [9.17, 15) is 18.0 Å². The Balaban J connectivity index is 1.23. The highest BCUT2D eigenvalue weighted by Gasteiger charge is 2.39. The Hall–Kier alpha value is -4.25. The average Bonchev–Trinajstić information content (AvgIpc) is 3.50. The summed E-state index contributed by atoms with van der Waals surface area (Å²) in [4.78, 5) is 17.8. The lowest BCUT2D eigenvalue weighted by Crippen LogP contribution is -2.44. The molecule has 7 nitrogen and oxygen atoms in total. The molecule has 11 heteroatoms. The van der Waals surface area contributed by atoms with E-state index in [0.717, 1.165) is 23.7 Å². The minimum atomic E-state index is -4.89. The number of halogens is 4. The van der Waals surface area contributed by atoms with Crippen molar-refractivity contribution in [2.45, 2.75) is 45.3 Å². The first kappa shape index (κ1) is 26.0. The topological polar surface area (TPSA) is 88.7 Å². The Morgan fingerprint density at radius 2 is 1.77 bits per heavy atom. The summed E-state index contributed by atoms with van der Waals surface area (Å²) in [5, 5.41) is 13.2. The lowest BCUT2D eigenvalue weighted by atomic mass is 9.79. The zero-order chi connectivity index (χ0) is 28.2. The SMILES string of the molecule is Cc1cc(-c2nc(-c3ccc4c(c3)CN([C@H]3C[C@H](C(=O)O)C3)C4)no2)c(F)cc1-c1ccccc1OC(F)(F)F. The summed E-state index contributed by atoms with van der Waals surface area (Å²) in [7, 11) is 0.